The van der Waals surface area contributed by atoms with Gasteiger partial charge in [-0.15, -0.1) is 0 Å². The lowest BCUT2D eigenvalue weighted by Crippen LogP contribution is -2.52. The van der Waals surface area contributed by atoms with Crippen LogP contribution in [0.3, 0.4) is 0 Å². The van der Waals surface area contributed by atoms with E-state index in [2.05, 4.69) is 10.6 Å². The highest BCUT2D eigenvalue weighted by Crippen LogP contribution is 2.23. The Labute approximate surface area is 118 Å². The van der Waals surface area contributed by atoms with E-state index in [-0.39, 0.29) is 5.91 Å². The van der Waals surface area contributed by atoms with E-state index in [9.17, 15) is 14.7 Å². The number of carboxylic acid groups (broad SMARTS) is 1. The minimum absolute atomic E-state index is 0.347. The minimum atomic E-state index is -1.22. The first-order valence-corrected chi connectivity index (χ1v) is 6.89. The van der Waals surface area contributed by atoms with Gasteiger partial charge in [0.05, 0.1) is 0 Å². The molecule has 1 aliphatic heterocycles. The van der Waals surface area contributed by atoms with Crippen LogP contribution in [0.1, 0.15) is 42.6 Å². The molecule has 1 heterocycles. The second-order valence-corrected chi connectivity index (χ2v) is 5.39. The maximum absolute atomic E-state index is 12.2. The number of anilines is 1. The average Bonchev–Trinajstić information content (AvgIpc) is 2.85. The maximum Gasteiger partial charge on any atom is 0.329 e. The summed E-state index contributed by atoms with van der Waals surface area (Å²) in [6.45, 7) is 4.32. The third-order valence-electron chi connectivity index (χ3n) is 3.69. The van der Waals surface area contributed by atoms with Crippen LogP contribution in [0.15, 0.2) is 18.2 Å². The zero-order valence-electron chi connectivity index (χ0n) is 11.8. The van der Waals surface area contributed by atoms with E-state index in [1.54, 1.807) is 19.1 Å². The lowest BCUT2D eigenvalue weighted by atomic mass is 9.95. The molecule has 1 aliphatic rings. The first-order valence-electron chi connectivity index (χ1n) is 6.89. The van der Waals surface area contributed by atoms with E-state index in [4.69, 9.17) is 0 Å². The monoisotopic (exact) mass is 276 g/mol. The quantitative estimate of drug-likeness (QED) is 0.769. The second kappa shape index (κ2) is 5.53. The van der Waals surface area contributed by atoms with Gasteiger partial charge in [0, 0.05) is 17.8 Å². The molecule has 3 N–H and O–H groups in total. The third-order valence-corrected chi connectivity index (χ3v) is 3.69. The number of fused-ring (bicyclic) bond motifs is 1. The highest BCUT2D eigenvalue weighted by Gasteiger charge is 2.34. The minimum Gasteiger partial charge on any atom is -0.480 e. The van der Waals surface area contributed by atoms with Crippen molar-refractivity contribution in [1.29, 1.82) is 0 Å². The summed E-state index contributed by atoms with van der Waals surface area (Å²) in [6.07, 6.45) is 2.05. The summed E-state index contributed by atoms with van der Waals surface area (Å²) < 4.78 is 0. The van der Waals surface area contributed by atoms with Crippen LogP contribution in [0.2, 0.25) is 0 Å². The van der Waals surface area contributed by atoms with E-state index in [1.807, 2.05) is 13.0 Å². The van der Waals surface area contributed by atoms with Gasteiger partial charge in [-0.3, -0.25) is 4.79 Å². The summed E-state index contributed by atoms with van der Waals surface area (Å²) in [4.78, 5) is 23.6. The molecule has 1 unspecified atom stereocenters. The van der Waals surface area contributed by atoms with E-state index >= 15 is 0 Å². The molecule has 0 saturated heterocycles. The van der Waals surface area contributed by atoms with Crippen molar-refractivity contribution in [3.8, 4) is 0 Å². The van der Waals surface area contributed by atoms with Crippen molar-refractivity contribution in [2.75, 3.05) is 11.9 Å². The van der Waals surface area contributed by atoms with Crippen molar-refractivity contribution in [3.63, 3.8) is 0 Å². The molecule has 20 heavy (non-hydrogen) atoms. The number of carbonyl (C=O) groups excluding carboxylic acids is 1. The fourth-order valence-corrected chi connectivity index (χ4v) is 2.48. The SMILES string of the molecule is CCCC(C)(NC(=O)c1ccc2c(c1)NCC2)C(=O)O. The Morgan fingerprint density at radius 3 is 2.85 bits per heavy atom. The molecule has 0 radical (unpaired) electrons. The fraction of sp³-hybridized carbons (Fsp3) is 0.467. The predicted octanol–water partition coefficient (Wildman–Crippen LogP) is 2.03. The molecule has 0 spiro atoms. The first-order chi connectivity index (χ1) is 9.46. The van der Waals surface area contributed by atoms with Crippen molar-refractivity contribution in [1.82, 2.24) is 5.32 Å². The Morgan fingerprint density at radius 2 is 2.20 bits per heavy atom. The number of aliphatic carboxylic acids is 1. The van der Waals surface area contributed by atoms with Crippen molar-refractivity contribution in [3.05, 3.63) is 29.3 Å². The number of benzene rings is 1. The molecule has 0 fully saturated rings. The van der Waals surface area contributed by atoms with E-state index < -0.39 is 11.5 Å². The summed E-state index contributed by atoms with van der Waals surface area (Å²) >= 11 is 0. The van der Waals surface area contributed by atoms with E-state index in [0.29, 0.717) is 18.4 Å². The number of hydrogen-bond acceptors (Lipinski definition) is 3. The van der Waals surface area contributed by atoms with E-state index in [0.717, 1.165) is 18.7 Å². The summed E-state index contributed by atoms with van der Waals surface area (Å²) in [7, 11) is 0. The number of carboxylic acids is 1. The van der Waals surface area contributed by atoms with Crippen LogP contribution < -0.4 is 10.6 Å². The highest BCUT2D eigenvalue weighted by atomic mass is 16.4. The topological polar surface area (TPSA) is 78.4 Å². The largest absolute Gasteiger partial charge is 0.480 e. The Bertz CT molecular complexity index is 542. The van der Waals surface area contributed by atoms with Gasteiger partial charge in [0.1, 0.15) is 5.54 Å². The highest BCUT2D eigenvalue weighted by molar-refractivity contribution is 5.98. The van der Waals surface area contributed by atoms with Crippen molar-refractivity contribution in [2.45, 2.75) is 38.6 Å². The van der Waals surface area contributed by atoms with Gasteiger partial charge in [0.25, 0.3) is 5.91 Å². The molecule has 0 bridgehead atoms. The van der Waals surface area contributed by atoms with Gasteiger partial charge < -0.3 is 15.7 Å². The summed E-state index contributed by atoms with van der Waals surface area (Å²) in [5.41, 5.74) is 1.42. The van der Waals surface area contributed by atoms with E-state index in [1.165, 1.54) is 5.56 Å². The Kier molecular flexibility index (Phi) is 3.97. The Morgan fingerprint density at radius 1 is 1.45 bits per heavy atom. The van der Waals surface area contributed by atoms with Crippen molar-refractivity contribution < 1.29 is 14.7 Å². The molecule has 1 aromatic rings. The summed E-state index contributed by atoms with van der Waals surface area (Å²) in [6, 6.07) is 5.45. The molecule has 0 aromatic heterocycles. The maximum atomic E-state index is 12.2. The normalized spacial score (nSPS) is 15.9. The molecule has 5 heteroatoms. The zero-order valence-corrected chi connectivity index (χ0v) is 11.8. The van der Waals surface area contributed by atoms with Crippen LogP contribution in [-0.4, -0.2) is 29.1 Å². The number of hydrogen-bond donors (Lipinski definition) is 3. The average molecular weight is 276 g/mol. The van der Waals surface area contributed by atoms with Crippen LogP contribution in [0.25, 0.3) is 0 Å². The van der Waals surface area contributed by atoms with Crippen molar-refractivity contribution in [2.24, 2.45) is 0 Å². The van der Waals surface area contributed by atoms with Crippen LogP contribution >= 0.6 is 0 Å². The van der Waals surface area contributed by atoms with Crippen LogP contribution in [0.5, 0.6) is 0 Å². The lowest BCUT2D eigenvalue weighted by molar-refractivity contribution is -0.144. The number of carbonyl (C=O) groups is 2. The standard InChI is InChI=1S/C15H20N2O3/c1-3-7-15(2,14(19)20)17-13(18)11-5-4-10-6-8-16-12(10)9-11/h4-5,9,16H,3,6-8H2,1-2H3,(H,17,18)(H,19,20). The number of nitrogens with one attached hydrogen (secondary N) is 2. The second-order valence-electron chi connectivity index (χ2n) is 5.39. The molecule has 1 atom stereocenters. The molecular formula is C15H20N2O3. The third kappa shape index (κ3) is 2.76. The van der Waals surface area contributed by atoms with Crippen LogP contribution in [0.4, 0.5) is 5.69 Å². The van der Waals surface area contributed by atoms with Gasteiger partial charge in [0.15, 0.2) is 0 Å². The van der Waals surface area contributed by atoms with Gasteiger partial charge in [-0.25, -0.2) is 4.79 Å². The number of rotatable bonds is 5. The van der Waals surface area contributed by atoms with Crippen molar-refractivity contribution >= 4 is 17.6 Å². The molecule has 5 nitrogen and oxygen atoms in total. The molecule has 2 rings (SSSR count). The molecule has 1 aromatic carbocycles. The van der Waals surface area contributed by atoms with Crippen LogP contribution in [0, 0.1) is 0 Å². The van der Waals surface area contributed by atoms with Crippen LogP contribution in [-0.2, 0) is 11.2 Å². The molecule has 0 saturated carbocycles. The molecule has 1 amide bonds. The smallest absolute Gasteiger partial charge is 0.329 e. The summed E-state index contributed by atoms with van der Waals surface area (Å²) in [5, 5.41) is 15.1. The molecule has 0 aliphatic carbocycles. The molecular weight excluding hydrogens is 256 g/mol. The zero-order chi connectivity index (χ0) is 14.8. The number of amides is 1. The van der Waals surface area contributed by atoms with Gasteiger partial charge >= 0.3 is 5.97 Å². The fourth-order valence-electron chi connectivity index (χ4n) is 2.48. The van der Waals surface area contributed by atoms with Gasteiger partial charge in [-0.1, -0.05) is 19.4 Å². The first kappa shape index (κ1) is 14.4. The lowest BCUT2D eigenvalue weighted by Gasteiger charge is -2.25. The predicted molar refractivity (Wildman–Crippen MR) is 77.1 cm³/mol. The Hall–Kier alpha value is -2.04. The summed E-state index contributed by atoms with van der Waals surface area (Å²) in [5.74, 6) is -1.35. The van der Waals surface area contributed by atoms with Gasteiger partial charge in [-0.05, 0) is 37.5 Å². The van der Waals surface area contributed by atoms with Gasteiger partial charge in [0.2, 0.25) is 0 Å². The van der Waals surface area contributed by atoms with Gasteiger partial charge in [-0.2, -0.15) is 0 Å². The molecule has 108 valence electrons. The Balaban J connectivity index is 2.17.